The monoisotopic (exact) mass is 280 g/mol. The molecule has 2 rings (SSSR count). The maximum Gasteiger partial charge on any atom is 0.335 e. The molecule has 1 aliphatic carbocycles. The zero-order valence-corrected chi connectivity index (χ0v) is 10.2. The number of halogens is 1. The highest BCUT2D eigenvalue weighted by Gasteiger charge is 2.47. The summed E-state index contributed by atoms with van der Waals surface area (Å²) in [6.07, 6.45) is 3.08. The number of fused-ring (bicyclic) bond motifs is 1. The summed E-state index contributed by atoms with van der Waals surface area (Å²) in [4.78, 5) is 23.6. The molecule has 0 heterocycles. The van der Waals surface area contributed by atoms with E-state index >= 15 is 0 Å². The molecule has 0 saturated carbocycles. The number of hydrogen-bond acceptors (Lipinski definition) is 3. The van der Waals surface area contributed by atoms with Crippen LogP contribution in [0.4, 0.5) is 0 Å². The van der Waals surface area contributed by atoms with E-state index in [2.05, 4.69) is 20.7 Å². The molecule has 1 aromatic rings. The van der Waals surface area contributed by atoms with E-state index in [9.17, 15) is 9.59 Å². The molecule has 0 aliphatic heterocycles. The van der Waals surface area contributed by atoms with Gasteiger partial charge in [0.15, 0.2) is 5.78 Å². The smallest absolute Gasteiger partial charge is 0.335 e. The van der Waals surface area contributed by atoms with Crippen LogP contribution in [-0.2, 0) is 18.7 Å². The lowest BCUT2D eigenvalue weighted by Gasteiger charge is -2.26. The Morgan fingerprint density at radius 2 is 2.00 bits per heavy atom. The number of rotatable bonds is 1. The van der Waals surface area contributed by atoms with Crippen LogP contribution in [0.15, 0.2) is 30.3 Å². The molecule has 0 spiro atoms. The molecule has 16 heavy (non-hydrogen) atoms. The van der Waals surface area contributed by atoms with E-state index in [1.54, 1.807) is 18.2 Å². The average Bonchev–Trinajstić information content (AvgIpc) is 2.33. The Morgan fingerprint density at radius 1 is 1.31 bits per heavy atom. The fraction of sp³-hybridized carbons (Fsp3) is 0.167. The number of allylic oxidation sites excluding steroid dienone is 1. The number of carbonyl (C=O) groups excluding carboxylic acids is 2. The SMILES string of the molecule is COC(=O)C1(Br)C(=O)C=Cc2ccccc21. The number of ether oxygens (including phenoxy) is 1. The van der Waals surface area contributed by atoms with E-state index < -0.39 is 10.3 Å². The zero-order chi connectivity index (χ0) is 11.8. The summed E-state index contributed by atoms with van der Waals surface area (Å²) in [7, 11) is 1.26. The van der Waals surface area contributed by atoms with Crippen LogP contribution >= 0.6 is 15.9 Å². The van der Waals surface area contributed by atoms with Gasteiger partial charge < -0.3 is 4.74 Å². The van der Waals surface area contributed by atoms with Gasteiger partial charge in [-0.05, 0) is 17.2 Å². The number of benzene rings is 1. The summed E-state index contributed by atoms with van der Waals surface area (Å²) >= 11 is 3.21. The average molecular weight is 281 g/mol. The number of ketones is 1. The molecule has 0 radical (unpaired) electrons. The Bertz CT molecular complexity index is 493. The van der Waals surface area contributed by atoms with Gasteiger partial charge in [-0.3, -0.25) is 4.79 Å². The first-order chi connectivity index (χ1) is 7.60. The fourth-order valence-electron chi connectivity index (χ4n) is 1.72. The summed E-state index contributed by atoms with van der Waals surface area (Å²) < 4.78 is 3.28. The topological polar surface area (TPSA) is 43.4 Å². The van der Waals surface area contributed by atoms with E-state index in [0.717, 1.165) is 5.56 Å². The van der Waals surface area contributed by atoms with Crippen molar-refractivity contribution in [1.82, 2.24) is 0 Å². The predicted octanol–water partition coefficient (Wildman–Crippen LogP) is 2.05. The Kier molecular flexibility index (Phi) is 2.68. The zero-order valence-electron chi connectivity index (χ0n) is 8.57. The third-order valence-corrected chi connectivity index (χ3v) is 3.69. The number of hydrogen-bond donors (Lipinski definition) is 0. The van der Waals surface area contributed by atoms with E-state index in [-0.39, 0.29) is 5.78 Å². The number of carbonyl (C=O) groups is 2. The van der Waals surface area contributed by atoms with Crippen LogP contribution in [0.2, 0.25) is 0 Å². The molecule has 3 nitrogen and oxygen atoms in total. The molecule has 1 unspecified atom stereocenters. The molecule has 0 amide bonds. The third kappa shape index (κ3) is 1.41. The normalized spacial score (nSPS) is 22.8. The molecule has 4 heteroatoms. The van der Waals surface area contributed by atoms with Crippen LogP contribution < -0.4 is 0 Å². The minimum absolute atomic E-state index is 0.321. The van der Waals surface area contributed by atoms with Crippen molar-refractivity contribution in [3.8, 4) is 0 Å². The minimum Gasteiger partial charge on any atom is -0.467 e. The van der Waals surface area contributed by atoms with Gasteiger partial charge in [-0.1, -0.05) is 46.3 Å². The van der Waals surface area contributed by atoms with E-state index in [1.165, 1.54) is 13.2 Å². The quantitative estimate of drug-likeness (QED) is 0.449. The Hall–Kier alpha value is -1.42. The highest BCUT2D eigenvalue weighted by atomic mass is 79.9. The molecular weight excluding hydrogens is 272 g/mol. The van der Waals surface area contributed by atoms with Crippen molar-refractivity contribution in [2.75, 3.05) is 7.11 Å². The van der Waals surface area contributed by atoms with Crippen molar-refractivity contribution in [2.24, 2.45) is 0 Å². The van der Waals surface area contributed by atoms with Crippen LogP contribution in [0.3, 0.4) is 0 Å². The minimum atomic E-state index is -1.40. The summed E-state index contributed by atoms with van der Waals surface area (Å²) in [6.45, 7) is 0. The van der Waals surface area contributed by atoms with Crippen LogP contribution in [0.25, 0.3) is 6.08 Å². The maximum absolute atomic E-state index is 11.8. The third-order valence-electron chi connectivity index (χ3n) is 2.55. The summed E-state index contributed by atoms with van der Waals surface area (Å²) in [5, 5.41) is 0. The molecule has 1 aliphatic rings. The molecule has 0 fully saturated rings. The Balaban J connectivity index is 2.66. The van der Waals surface area contributed by atoms with Gasteiger partial charge in [0, 0.05) is 0 Å². The van der Waals surface area contributed by atoms with E-state index in [1.807, 2.05) is 12.1 Å². The van der Waals surface area contributed by atoms with Crippen molar-refractivity contribution in [1.29, 1.82) is 0 Å². The lowest BCUT2D eigenvalue weighted by atomic mass is 9.86. The summed E-state index contributed by atoms with van der Waals surface area (Å²) in [6, 6.07) is 7.22. The predicted molar refractivity (Wildman–Crippen MR) is 63.1 cm³/mol. The second kappa shape index (κ2) is 3.87. The van der Waals surface area contributed by atoms with Gasteiger partial charge in [0.25, 0.3) is 0 Å². The number of alkyl halides is 1. The highest BCUT2D eigenvalue weighted by Crippen LogP contribution is 2.39. The van der Waals surface area contributed by atoms with Gasteiger partial charge in [-0.2, -0.15) is 0 Å². The van der Waals surface area contributed by atoms with Crippen molar-refractivity contribution >= 4 is 33.8 Å². The molecule has 1 atom stereocenters. The lowest BCUT2D eigenvalue weighted by molar-refractivity contribution is -0.146. The fourth-order valence-corrected chi connectivity index (χ4v) is 2.38. The van der Waals surface area contributed by atoms with Crippen molar-refractivity contribution in [3.05, 3.63) is 41.5 Å². The van der Waals surface area contributed by atoms with Gasteiger partial charge in [0.2, 0.25) is 4.32 Å². The van der Waals surface area contributed by atoms with Gasteiger partial charge in [-0.25, -0.2) is 4.79 Å². The molecule has 82 valence electrons. The molecule has 0 aromatic heterocycles. The van der Waals surface area contributed by atoms with Gasteiger partial charge in [-0.15, -0.1) is 0 Å². The van der Waals surface area contributed by atoms with Crippen molar-refractivity contribution in [2.45, 2.75) is 4.32 Å². The first kappa shape index (κ1) is 11.1. The lowest BCUT2D eigenvalue weighted by Crippen LogP contribution is -2.40. The Morgan fingerprint density at radius 3 is 2.69 bits per heavy atom. The molecule has 0 bridgehead atoms. The van der Waals surface area contributed by atoms with Crippen molar-refractivity contribution in [3.63, 3.8) is 0 Å². The molecule has 1 aromatic carbocycles. The first-order valence-corrected chi connectivity index (χ1v) is 5.49. The van der Waals surface area contributed by atoms with Gasteiger partial charge >= 0.3 is 5.97 Å². The maximum atomic E-state index is 11.8. The van der Waals surface area contributed by atoms with Crippen LogP contribution in [0.1, 0.15) is 11.1 Å². The number of esters is 1. The summed E-state index contributed by atoms with van der Waals surface area (Å²) in [5.74, 6) is -0.924. The van der Waals surface area contributed by atoms with Crippen LogP contribution in [0, 0.1) is 0 Å². The van der Waals surface area contributed by atoms with E-state index in [0.29, 0.717) is 5.56 Å². The van der Waals surface area contributed by atoms with Gasteiger partial charge in [0.05, 0.1) is 7.11 Å². The first-order valence-electron chi connectivity index (χ1n) is 4.70. The second-order valence-electron chi connectivity index (χ2n) is 3.43. The molecular formula is C12H9BrO3. The molecule has 0 saturated heterocycles. The Labute approximate surface area is 101 Å². The van der Waals surface area contributed by atoms with Crippen LogP contribution in [-0.4, -0.2) is 18.9 Å². The standard InChI is InChI=1S/C12H9BrO3/c1-16-11(15)12(13)9-5-3-2-4-8(9)6-7-10(12)14/h2-7H,1H3. The molecule has 0 N–H and O–H groups in total. The van der Waals surface area contributed by atoms with E-state index in [4.69, 9.17) is 0 Å². The number of methoxy groups -OCH3 is 1. The van der Waals surface area contributed by atoms with Gasteiger partial charge in [0.1, 0.15) is 0 Å². The summed E-state index contributed by atoms with van der Waals surface area (Å²) in [5.41, 5.74) is 1.46. The second-order valence-corrected chi connectivity index (χ2v) is 4.62. The largest absolute Gasteiger partial charge is 0.467 e. The highest BCUT2D eigenvalue weighted by molar-refractivity contribution is 9.10. The van der Waals surface area contributed by atoms with Crippen LogP contribution in [0.5, 0.6) is 0 Å². The van der Waals surface area contributed by atoms with Crippen molar-refractivity contribution < 1.29 is 14.3 Å².